The van der Waals surface area contributed by atoms with Crippen molar-refractivity contribution in [2.45, 2.75) is 39.0 Å². The van der Waals surface area contributed by atoms with Gasteiger partial charge in [0.15, 0.2) is 6.23 Å². The zero-order chi connectivity index (χ0) is 18.3. The van der Waals surface area contributed by atoms with Gasteiger partial charge < -0.3 is 9.47 Å². The summed E-state index contributed by atoms with van der Waals surface area (Å²) < 4.78 is 11.5. The molecule has 4 nitrogen and oxygen atoms in total. The van der Waals surface area contributed by atoms with E-state index in [4.69, 9.17) is 26.2 Å². The molecule has 2 heterocycles. The van der Waals surface area contributed by atoms with Crippen LogP contribution in [0.3, 0.4) is 0 Å². The van der Waals surface area contributed by atoms with Gasteiger partial charge in [-0.1, -0.05) is 25.4 Å². The average Bonchev–Trinajstić information content (AvgIpc) is 3.08. The third kappa shape index (κ3) is 3.14. The minimum atomic E-state index is -0.0515. The molecular weight excluding hydrogens is 348 g/mol. The number of ether oxygens (including phenoxy) is 2. The Morgan fingerprint density at radius 3 is 2.69 bits per heavy atom. The van der Waals surface area contributed by atoms with Crippen LogP contribution in [-0.4, -0.2) is 24.1 Å². The fourth-order valence-electron chi connectivity index (χ4n) is 3.65. The summed E-state index contributed by atoms with van der Waals surface area (Å²) in [6.45, 7) is 4.42. The first-order chi connectivity index (χ1) is 12.5. The van der Waals surface area contributed by atoms with Crippen molar-refractivity contribution < 1.29 is 9.47 Å². The van der Waals surface area contributed by atoms with Gasteiger partial charge in [0.1, 0.15) is 11.5 Å². The number of nitrogens with zero attached hydrogens (tertiary/aromatic N) is 2. The highest BCUT2D eigenvalue weighted by atomic mass is 35.5. The number of hydrogen-bond acceptors (Lipinski definition) is 4. The summed E-state index contributed by atoms with van der Waals surface area (Å²) in [5.41, 5.74) is 3.31. The zero-order valence-electron chi connectivity index (χ0n) is 15.3. The summed E-state index contributed by atoms with van der Waals surface area (Å²) in [4.78, 5) is 0. The van der Waals surface area contributed by atoms with Crippen LogP contribution in [0.25, 0.3) is 0 Å². The van der Waals surface area contributed by atoms with Crippen molar-refractivity contribution in [2.75, 3.05) is 7.11 Å². The van der Waals surface area contributed by atoms with Crippen molar-refractivity contribution in [1.82, 2.24) is 5.01 Å². The van der Waals surface area contributed by atoms with E-state index in [1.807, 2.05) is 30.3 Å². The van der Waals surface area contributed by atoms with Gasteiger partial charge in [-0.3, -0.25) is 5.01 Å². The Kier molecular flexibility index (Phi) is 4.53. The molecule has 2 aliphatic heterocycles. The highest BCUT2D eigenvalue weighted by Gasteiger charge is 2.40. The van der Waals surface area contributed by atoms with Gasteiger partial charge in [-0.05, 0) is 53.9 Å². The number of rotatable bonds is 4. The topological polar surface area (TPSA) is 34.1 Å². The maximum atomic E-state index is 6.27. The third-order valence-electron chi connectivity index (χ3n) is 4.93. The van der Waals surface area contributed by atoms with E-state index in [2.05, 4.69) is 31.0 Å². The Bertz CT molecular complexity index is 832. The van der Waals surface area contributed by atoms with Crippen molar-refractivity contribution in [3.63, 3.8) is 0 Å². The van der Waals surface area contributed by atoms with E-state index in [1.54, 1.807) is 7.11 Å². The molecule has 0 spiro atoms. The number of methoxy groups -OCH3 is 1. The third-order valence-corrected chi connectivity index (χ3v) is 5.16. The van der Waals surface area contributed by atoms with Crippen LogP contribution in [0.2, 0.25) is 5.02 Å². The van der Waals surface area contributed by atoms with E-state index in [1.165, 1.54) is 0 Å². The summed E-state index contributed by atoms with van der Waals surface area (Å²) >= 11 is 6.25. The maximum absolute atomic E-state index is 6.27. The maximum Gasteiger partial charge on any atom is 0.188 e. The highest BCUT2D eigenvalue weighted by molar-refractivity contribution is 6.30. The van der Waals surface area contributed by atoms with Crippen molar-refractivity contribution in [3.8, 4) is 11.5 Å². The van der Waals surface area contributed by atoms with Crippen molar-refractivity contribution >= 4 is 17.3 Å². The lowest BCUT2D eigenvalue weighted by atomic mass is 9.95. The molecule has 2 aromatic rings. The van der Waals surface area contributed by atoms with Crippen LogP contribution in [-0.2, 0) is 0 Å². The molecule has 0 radical (unpaired) electrons. The lowest BCUT2D eigenvalue weighted by Gasteiger charge is -2.38. The molecule has 5 heteroatoms. The van der Waals surface area contributed by atoms with E-state index in [-0.39, 0.29) is 12.3 Å². The summed E-state index contributed by atoms with van der Waals surface area (Å²) in [6.07, 6.45) is 1.72. The van der Waals surface area contributed by atoms with E-state index in [0.717, 1.165) is 46.2 Å². The number of benzene rings is 2. The molecule has 0 aliphatic carbocycles. The Labute approximate surface area is 159 Å². The minimum Gasteiger partial charge on any atom is -0.497 e. The van der Waals surface area contributed by atoms with Gasteiger partial charge in [0.25, 0.3) is 0 Å². The molecule has 4 rings (SSSR count). The SMILES string of the molecule is COc1ccc(C2=NN3[C@H](C2)c2cc(Cl)ccc2O[C@@H]3CC(C)C)cc1. The minimum absolute atomic E-state index is 0.0515. The first-order valence-corrected chi connectivity index (χ1v) is 9.39. The molecule has 0 N–H and O–H groups in total. The molecule has 0 saturated heterocycles. The Balaban J connectivity index is 1.70. The van der Waals surface area contributed by atoms with Gasteiger partial charge in [0, 0.05) is 23.4 Å². The smallest absolute Gasteiger partial charge is 0.188 e. The summed E-state index contributed by atoms with van der Waals surface area (Å²) in [5.74, 6) is 2.30. The first-order valence-electron chi connectivity index (χ1n) is 9.01. The van der Waals surface area contributed by atoms with Gasteiger partial charge in [-0.2, -0.15) is 5.10 Å². The van der Waals surface area contributed by atoms with E-state index in [0.29, 0.717) is 5.92 Å². The number of hydrazone groups is 1. The molecule has 0 amide bonds. The average molecular weight is 371 g/mol. The predicted molar refractivity (Wildman–Crippen MR) is 104 cm³/mol. The second-order valence-electron chi connectivity index (χ2n) is 7.26. The van der Waals surface area contributed by atoms with Crippen LogP contribution in [0, 0.1) is 5.92 Å². The van der Waals surface area contributed by atoms with E-state index in [9.17, 15) is 0 Å². The molecule has 2 atom stereocenters. The molecule has 2 aliphatic rings. The molecule has 0 saturated carbocycles. The van der Waals surface area contributed by atoms with Crippen molar-refractivity contribution in [1.29, 1.82) is 0 Å². The molecule has 0 unspecified atom stereocenters. The molecule has 0 aromatic heterocycles. The van der Waals surface area contributed by atoms with Gasteiger partial charge >= 0.3 is 0 Å². The molecule has 26 heavy (non-hydrogen) atoms. The Hall–Kier alpha value is -2.20. The number of fused-ring (bicyclic) bond motifs is 3. The van der Waals surface area contributed by atoms with Crippen LogP contribution < -0.4 is 9.47 Å². The van der Waals surface area contributed by atoms with Gasteiger partial charge in [-0.15, -0.1) is 0 Å². The Morgan fingerprint density at radius 1 is 1.23 bits per heavy atom. The van der Waals surface area contributed by atoms with E-state index < -0.39 is 0 Å². The van der Waals surface area contributed by atoms with Crippen LogP contribution in [0.15, 0.2) is 47.6 Å². The second-order valence-corrected chi connectivity index (χ2v) is 7.70. The molecular formula is C21H23ClN2O2. The van der Waals surface area contributed by atoms with Gasteiger partial charge in [0.05, 0.1) is 18.9 Å². The molecule has 0 bridgehead atoms. The van der Waals surface area contributed by atoms with Gasteiger partial charge in [0.2, 0.25) is 0 Å². The lowest BCUT2D eigenvalue weighted by Crippen LogP contribution is -2.41. The van der Waals surface area contributed by atoms with Crippen LogP contribution >= 0.6 is 11.6 Å². The zero-order valence-corrected chi connectivity index (χ0v) is 16.0. The van der Waals surface area contributed by atoms with Crippen LogP contribution in [0.5, 0.6) is 11.5 Å². The number of hydrogen-bond donors (Lipinski definition) is 0. The lowest BCUT2D eigenvalue weighted by molar-refractivity contribution is -0.0291. The van der Waals surface area contributed by atoms with Crippen LogP contribution in [0.4, 0.5) is 0 Å². The van der Waals surface area contributed by atoms with Gasteiger partial charge in [-0.25, -0.2) is 0 Å². The summed E-state index contributed by atoms with van der Waals surface area (Å²) in [7, 11) is 1.68. The standard InChI is InChI=1S/C21H23ClN2O2/c1-13(2)10-21-24-19(17-11-15(22)6-9-20(17)26-21)12-18(23-24)14-4-7-16(25-3)8-5-14/h4-9,11,13,19,21H,10,12H2,1-3H3/t19-,21-/m1/s1. The molecule has 136 valence electrons. The van der Waals surface area contributed by atoms with E-state index >= 15 is 0 Å². The normalized spacial score (nSPS) is 21.1. The Morgan fingerprint density at radius 2 is 2.00 bits per heavy atom. The summed E-state index contributed by atoms with van der Waals surface area (Å²) in [6, 6.07) is 14.1. The first kappa shape index (κ1) is 17.2. The second kappa shape index (κ2) is 6.84. The largest absolute Gasteiger partial charge is 0.497 e. The fourth-order valence-corrected chi connectivity index (χ4v) is 3.83. The predicted octanol–water partition coefficient (Wildman–Crippen LogP) is 5.26. The number of halogens is 1. The van der Waals surface area contributed by atoms with Crippen molar-refractivity contribution in [2.24, 2.45) is 11.0 Å². The highest BCUT2D eigenvalue weighted by Crippen LogP contribution is 2.45. The quantitative estimate of drug-likeness (QED) is 0.735. The fraction of sp³-hybridized carbons (Fsp3) is 0.381. The van der Waals surface area contributed by atoms with Crippen molar-refractivity contribution in [3.05, 3.63) is 58.6 Å². The molecule has 0 fully saturated rings. The van der Waals surface area contributed by atoms with Crippen LogP contribution in [0.1, 0.15) is 43.9 Å². The monoisotopic (exact) mass is 370 g/mol. The summed E-state index contributed by atoms with van der Waals surface area (Å²) in [5, 5.41) is 7.79. The molecule has 2 aromatic carbocycles.